The third kappa shape index (κ3) is 2.27. The predicted molar refractivity (Wildman–Crippen MR) is 99.7 cm³/mol. The van der Waals surface area contributed by atoms with Crippen LogP contribution in [-0.4, -0.2) is 9.38 Å². The number of thiazole rings is 1. The van der Waals surface area contributed by atoms with Gasteiger partial charge >= 0.3 is 0 Å². The minimum Gasteiger partial charge on any atom is -0.457 e. The van der Waals surface area contributed by atoms with Crippen molar-refractivity contribution in [2.75, 3.05) is 0 Å². The average Bonchev–Trinajstić information content (AvgIpc) is 3.32. The Morgan fingerprint density at radius 1 is 1.04 bits per heavy atom. The van der Waals surface area contributed by atoms with Crippen LogP contribution >= 0.6 is 11.3 Å². The second-order valence-electron chi connectivity index (χ2n) is 5.82. The highest BCUT2D eigenvalue weighted by Crippen LogP contribution is 2.25. The van der Waals surface area contributed by atoms with E-state index in [9.17, 15) is 9.18 Å². The minimum atomic E-state index is -0.348. The van der Waals surface area contributed by atoms with Gasteiger partial charge in [0.05, 0.1) is 16.6 Å². The molecule has 0 saturated heterocycles. The van der Waals surface area contributed by atoms with E-state index >= 15 is 0 Å². The molecule has 3 aromatic heterocycles. The number of furan rings is 1. The molecule has 5 aromatic rings. The molecule has 6 heteroatoms. The number of hydrogen-bond donors (Lipinski definition) is 0. The maximum atomic E-state index is 13.9. The molecule has 0 bridgehead atoms. The van der Waals surface area contributed by atoms with Crippen molar-refractivity contribution in [2.24, 2.45) is 0 Å². The summed E-state index contributed by atoms with van der Waals surface area (Å²) >= 11 is 1.30. The molecule has 26 heavy (non-hydrogen) atoms. The van der Waals surface area contributed by atoms with Crippen LogP contribution < -0.4 is 10.1 Å². The van der Waals surface area contributed by atoms with Crippen LogP contribution in [0.15, 0.2) is 69.9 Å². The Hall–Kier alpha value is -3.25. The van der Waals surface area contributed by atoms with Crippen molar-refractivity contribution in [3.05, 3.63) is 87.1 Å². The van der Waals surface area contributed by atoms with E-state index < -0.39 is 0 Å². The van der Waals surface area contributed by atoms with E-state index in [-0.39, 0.29) is 11.4 Å². The largest absolute Gasteiger partial charge is 0.457 e. The van der Waals surface area contributed by atoms with Gasteiger partial charge in [-0.15, -0.1) is 0 Å². The molecule has 126 valence electrons. The van der Waals surface area contributed by atoms with Gasteiger partial charge in [-0.2, -0.15) is 0 Å². The van der Waals surface area contributed by atoms with Gasteiger partial charge in [0.15, 0.2) is 4.96 Å². The molecule has 0 aliphatic heterocycles. The molecule has 0 spiro atoms. The summed E-state index contributed by atoms with van der Waals surface area (Å²) in [6, 6.07) is 17.4. The molecule has 4 nitrogen and oxygen atoms in total. The van der Waals surface area contributed by atoms with Gasteiger partial charge in [-0.3, -0.25) is 4.79 Å². The monoisotopic (exact) mass is 362 g/mol. The highest BCUT2D eigenvalue weighted by molar-refractivity contribution is 7.15. The second kappa shape index (κ2) is 5.64. The summed E-state index contributed by atoms with van der Waals surface area (Å²) in [5.74, 6) is 0.571. The molecule has 0 aliphatic carbocycles. The lowest BCUT2D eigenvalue weighted by Gasteiger charge is -1.97. The SMILES string of the molecule is O=c1/c(=C\c2ccc(-c3ccccc3F)o2)sc2nc3ccccc3n12. The Morgan fingerprint density at radius 2 is 1.85 bits per heavy atom. The number of hydrogen-bond acceptors (Lipinski definition) is 4. The Bertz CT molecular complexity index is 1380. The van der Waals surface area contributed by atoms with Gasteiger partial charge in [-0.05, 0) is 36.4 Å². The zero-order valence-electron chi connectivity index (χ0n) is 13.3. The summed E-state index contributed by atoms with van der Waals surface area (Å²) in [4.78, 5) is 17.9. The van der Waals surface area contributed by atoms with E-state index in [2.05, 4.69) is 4.98 Å². The van der Waals surface area contributed by atoms with E-state index in [4.69, 9.17) is 4.42 Å². The van der Waals surface area contributed by atoms with Crippen molar-refractivity contribution in [3.63, 3.8) is 0 Å². The molecule has 5 rings (SSSR count). The average molecular weight is 362 g/mol. The molecule has 0 radical (unpaired) electrons. The molecule has 3 heterocycles. The van der Waals surface area contributed by atoms with Crippen LogP contribution in [0.3, 0.4) is 0 Å². The molecular formula is C20H11FN2O2S. The summed E-state index contributed by atoms with van der Waals surface area (Å²) in [5.41, 5.74) is 1.83. The molecule has 2 aromatic carbocycles. The van der Waals surface area contributed by atoms with Crippen LogP contribution in [0, 0.1) is 5.82 Å². The van der Waals surface area contributed by atoms with Crippen LogP contribution in [0.1, 0.15) is 5.76 Å². The molecule has 0 atom stereocenters. The number of aromatic nitrogens is 2. The summed E-state index contributed by atoms with van der Waals surface area (Å²) in [5, 5.41) is 0. The Labute approximate surface area is 150 Å². The van der Waals surface area contributed by atoms with Crippen molar-refractivity contribution in [1.82, 2.24) is 9.38 Å². The van der Waals surface area contributed by atoms with Gasteiger partial charge in [-0.25, -0.2) is 13.8 Å². The van der Waals surface area contributed by atoms with Gasteiger partial charge in [0.1, 0.15) is 21.9 Å². The number of benzene rings is 2. The highest BCUT2D eigenvalue weighted by Gasteiger charge is 2.12. The maximum absolute atomic E-state index is 13.9. The first-order valence-electron chi connectivity index (χ1n) is 7.97. The van der Waals surface area contributed by atoms with Crippen LogP contribution in [0.2, 0.25) is 0 Å². The lowest BCUT2D eigenvalue weighted by Crippen LogP contribution is -2.22. The van der Waals surface area contributed by atoms with Gasteiger partial charge in [0.25, 0.3) is 5.56 Å². The minimum absolute atomic E-state index is 0.137. The molecule has 0 aliphatic rings. The number of fused-ring (bicyclic) bond motifs is 3. The second-order valence-corrected chi connectivity index (χ2v) is 6.83. The summed E-state index contributed by atoms with van der Waals surface area (Å²) in [6.45, 7) is 0. The fourth-order valence-electron chi connectivity index (χ4n) is 2.98. The lowest BCUT2D eigenvalue weighted by atomic mass is 10.1. The van der Waals surface area contributed by atoms with Crippen molar-refractivity contribution < 1.29 is 8.81 Å². The molecular weight excluding hydrogens is 351 g/mol. The third-order valence-corrected chi connectivity index (χ3v) is 5.15. The number of imidazole rings is 1. The van der Waals surface area contributed by atoms with Crippen LogP contribution in [0.25, 0.3) is 33.4 Å². The number of halogens is 1. The smallest absolute Gasteiger partial charge is 0.275 e. The molecule has 0 fully saturated rings. The Balaban J connectivity index is 1.65. The zero-order chi connectivity index (χ0) is 17.7. The van der Waals surface area contributed by atoms with Crippen molar-refractivity contribution >= 4 is 33.4 Å². The fraction of sp³-hybridized carbons (Fsp3) is 0. The quantitative estimate of drug-likeness (QED) is 0.479. The first-order valence-corrected chi connectivity index (χ1v) is 8.79. The standard InChI is InChI=1S/C20H11FN2O2S/c21-14-6-2-1-5-13(14)17-10-9-12(25-17)11-18-19(24)23-16-8-4-3-7-15(16)22-20(23)26-18/h1-11H/b18-11+. The number of para-hydroxylation sites is 2. The van der Waals surface area contributed by atoms with Crippen molar-refractivity contribution in [2.45, 2.75) is 0 Å². The van der Waals surface area contributed by atoms with E-state index in [1.54, 1.807) is 40.8 Å². The van der Waals surface area contributed by atoms with Gasteiger partial charge in [0.2, 0.25) is 0 Å². The summed E-state index contributed by atoms with van der Waals surface area (Å²) < 4.78 is 21.7. The Morgan fingerprint density at radius 3 is 2.73 bits per heavy atom. The van der Waals surface area contributed by atoms with E-state index in [0.29, 0.717) is 26.6 Å². The zero-order valence-corrected chi connectivity index (χ0v) is 14.2. The van der Waals surface area contributed by atoms with Crippen LogP contribution in [-0.2, 0) is 0 Å². The van der Waals surface area contributed by atoms with Crippen LogP contribution in [0.4, 0.5) is 4.39 Å². The predicted octanol–water partition coefficient (Wildman–Crippen LogP) is 3.86. The first-order chi connectivity index (χ1) is 12.7. The fourth-order valence-corrected chi connectivity index (χ4v) is 3.94. The maximum Gasteiger partial charge on any atom is 0.275 e. The molecule has 0 N–H and O–H groups in total. The van der Waals surface area contributed by atoms with Crippen LogP contribution in [0.5, 0.6) is 0 Å². The highest BCUT2D eigenvalue weighted by atomic mass is 32.1. The number of nitrogens with zero attached hydrogens (tertiary/aromatic N) is 2. The van der Waals surface area contributed by atoms with E-state index in [1.165, 1.54) is 17.4 Å². The van der Waals surface area contributed by atoms with E-state index in [1.807, 2.05) is 24.3 Å². The normalized spacial score (nSPS) is 12.4. The van der Waals surface area contributed by atoms with Gasteiger partial charge in [0, 0.05) is 6.08 Å². The summed E-state index contributed by atoms with van der Waals surface area (Å²) in [6.07, 6.45) is 1.67. The van der Waals surface area contributed by atoms with Gasteiger partial charge < -0.3 is 4.42 Å². The lowest BCUT2D eigenvalue weighted by molar-refractivity contribution is 0.560. The summed E-state index contributed by atoms with van der Waals surface area (Å²) in [7, 11) is 0. The van der Waals surface area contributed by atoms with Crippen molar-refractivity contribution in [3.8, 4) is 11.3 Å². The van der Waals surface area contributed by atoms with E-state index in [0.717, 1.165) is 11.0 Å². The Kier molecular flexibility index (Phi) is 3.26. The molecule has 0 amide bonds. The third-order valence-electron chi connectivity index (χ3n) is 4.18. The van der Waals surface area contributed by atoms with Crippen molar-refractivity contribution in [1.29, 1.82) is 0 Å². The first kappa shape index (κ1) is 15.0. The van der Waals surface area contributed by atoms with Gasteiger partial charge in [-0.1, -0.05) is 35.6 Å². The molecule has 0 unspecified atom stereocenters. The topological polar surface area (TPSA) is 47.5 Å². The molecule has 0 saturated carbocycles. The number of rotatable bonds is 2.